The molecule has 2 amide bonds. The molecule has 0 heterocycles. The summed E-state index contributed by atoms with van der Waals surface area (Å²) < 4.78 is 11.5. The molecule has 7 heteroatoms. The summed E-state index contributed by atoms with van der Waals surface area (Å²) in [6.45, 7) is 0.498. The van der Waals surface area contributed by atoms with E-state index in [1.54, 1.807) is 49.6 Å². The van der Waals surface area contributed by atoms with Crippen molar-refractivity contribution < 1.29 is 19.1 Å². The van der Waals surface area contributed by atoms with Crippen LogP contribution in [0.1, 0.15) is 26.3 Å². The minimum Gasteiger partial charge on any atom is -0.496 e. The molecule has 0 atom stereocenters. The minimum absolute atomic E-state index is 0.376. The van der Waals surface area contributed by atoms with Gasteiger partial charge >= 0.3 is 0 Å². The molecule has 0 fully saturated rings. The molecule has 0 radical (unpaired) electrons. The number of hydrazine groups is 1. The molecule has 3 aromatic rings. The fraction of sp³-hybridized carbons (Fsp3) is 0.130. The number of benzene rings is 3. The zero-order chi connectivity index (χ0) is 21.3. The zero-order valence-electron chi connectivity index (χ0n) is 16.4. The quantitative estimate of drug-likeness (QED) is 0.510. The van der Waals surface area contributed by atoms with Crippen molar-refractivity contribution in [3.63, 3.8) is 0 Å². The van der Waals surface area contributed by atoms with Crippen LogP contribution in [0, 0.1) is 0 Å². The van der Waals surface area contributed by atoms with Crippen molar-refractivity contribution in [3.8, 4) is 11.5 Å². The summed E-state index contributed by atoms with van der Waals surface area (Å²) in [6.07, 6.45) is 0.769. The lowest BCUT2D eigenvalue weighted by Gasteiger charge is -2.10. The Balaban J connectivity index is 1.53. The van der Waals surface area contributed by atoms with Crippen LogP contribution in [0.3, 0.4) is 0 Å². The SMILES string of the molecule is COc1ccc(C(=O)NNC(=O)c2cccc(OCCc3ccccc3)c2)cc1Br. The molecule has 154 valence electrons. The van der Waals surface area contributed by atoms with Gasteiger partial charge in [0.25, 0.3) is 11.8 Å². The van der Waals surface area contributed by atoms with Crippen molar-refractivity contribution in [1.82, 2.24) is 10.9 Å². The van der Waals surface area contributed by atoms with E-state index in [-0.39, 0.29) is 0 Å². The molecule has 0 aromatic heterocycles. The second-order valence-electron chi connectivity index (χ2n) is 6.37. The van der Waals surface area contributed by atoms with Crippen LogP contribution < -0.4 is 20.3 Å². The van der Waals surface area contributed by atoms with E-state index in [1.165, 1.54) is 5.56 Å². The number of carbonyl (C=O) groups excluding carboxylic acids is 2. The number of nitrogens with one attached hydrogen (secondary N) is 2. The van der Waals surface area contributed by atoms with Gasteiger partial charge in [-0.3, -0.25) is 20.4 Å². The van der Waals surface area contributed by atoms with Gasteiger partial charge in [0, 0.05) is 17.5 Å². The normalized spacial score (nSPS) is 10.2. The Morgan fingerprint density at radius 2 is 1.57 bits per heavy atom. The first-order valence-electron chi connectivity index (χ1n) is 9.28. The number of amides is 2. The van der Waals surface area contributed by atoms with Gasteiger partial charge < -0.3 is 9.47 Å². The summed E-state index contributed by atoms with van der Waals surface area (Å²) in [5.74, 6) is 0.315. The van der Waals surface area contributed by atoms with Crippen molar-refractivity contribution in [1.29, 1.82) is 0 Å². The van der Waals surface area contributed by atoms with Gasteiger partial charge in [0.05, 0.1) is 18.2 Å². The third-order valence-electron chi connectivity index (χ3n) is 4.30. The third-order valence-corrected chi connectivity index (χ3v) is 4.92. The predicted octanol–water partition coefficient (Wildman–Crippen LogP) is 4.15. The third kappa shape index (κ3) is 5.84. The summed E-state index contributed by atoms with van der Waals surface area (Å²) in [5.41, 5.74) is 6.75. The van der Waals surface area contributed by atoms with Gasteiger partial charge in [0.15, 0.2) is 0 Å². The summed E-state index contributed by atoms with van der Waals surface area (Å²) >= 11 is 3.33. The number of hydrogen-bond donors (Lipinski definition) is 2. The summed E-state index contributed by atoms with van der Waals surface area (Å²) in [5, 5.41) is 0. The highest BCUT2D eigenvalue weighted by molar-refractivity contribution is 9.10. The maximum atomic E-state index is 12.4. The average molecular weight is 469 g/mol. The number of methoxy groups -OCH3 is 1. The highest BCUT2D eigenvalue weighted by atomic mass is 79.9. The topological polar surface area (TPSA) is 76.7 Å². The zero-order valence-corrected chi connectivity index (χ0v) is 17.9. The molecule has 0 saturated carbocycles. The van der Waals surface area contributed by atoms with Crippen LogP contribution in [0.25, 0.3) is 0 Å². The number of ether oxygens (including phenoxy) is 2. The fourth-order valence-electron chi connectivity index (χ4n) is 2.72. The van der Waals surface area contributed by atoms with Crippen LogP contribution in [-0.2, 0) is 6.42 Å². The Labute approximate surface area is 183 Å². The maximum absolute atomic E-state index is 12.4. The van der Waals surface area contributed by atoms with E-state index in [4.69, 9.17) is 9.47 Å². The summed E-state index contributed by atoms with van der Waals surface area (Å²) in [6, 6.07) is 21.7. The molecule has 0 spiro atoms. The van der Waals surface area contributed by atoms with Crippen LogP contribution in [0.15, 0.2) is 77.3 Å². The van der Waals surface area contributed by atoms with Crippen molar-refractivity contribution in [2.24, 2.45) is 0 Å². The van der Waals surface area contributed by atoms with Gasteiger partial charge in [-0.15, -0.1) is 0 Å². The van der Waals surface area contributed by atoms with Gasteiger partial charge in [-0.1, -0.05) is 36.4 Å². The molecular weight excluding hydrogens is 448 g/mol. The minimum atomic E-state index is -0.443. The molecule has 30 heavy (non-hydrogen) atoms. The summed E-state index contributed by atoms with van der Waals surface area (Å²) in [4.78, 5) is 24.6. The highest BCUT2D eigenvalue weighted by Gasteiger charge is 2.12. The lowest BCUT2D eigenvalue weighted by molar-refractivity contribution is 0.0846. The van der Waals surface area contributed by atoms with E-state index in [9.17, 15) is 9.59 Å². The van der Waals surface area contributed by atoms with Gasteiger partial charge in [-0.25, -0.2) is 0 Å². The molecule has 0 saturated heterocycles. The number of rotatable bonds is 7. The number of hydrogen-bond acceptors (Lipinski definition) is 4. The molecule has 0 unspecified atom stereocenters. The molecule has 0 aliphatic carbocycles. The lowest BCUT2D eigenvalue weighted by Crippen LogP contribution is -2.41. The molecule has 0 bridgehead atoms. The number of halogens is 1. The van der Waals surface area contributed by atoms with E-state index >= 15 is 0 Å². The maximum Gasteiger partial charge on any atom is 0.269 e. The van der Waals surface area contributed by atoms with Crippen LogP contribution in [0.2, 0.25) is 0 Å². The Kier molecular flexibility index (Phi) is 7.45. The van der Waals surface area contributed by atoms with Crippen molar-refractivity contribution in [2.75, 3.05) is 13.7 Å². The highest BCUT2D eigenvalue weighted by Crippen LogP contribution is 2.25. The molecule has 0 aliphatic rings. The van der Waals surface area contributed by atoms with E-state index in [1.807, 2.05) is 30.3 Å². The Morgan fingerprint density at radius 3 is 2.23 bits per heavy atom. The Morgan fingerprint density at radius 1 is 0.867 bits per heavy atom. The smallest absolute Gasteiger partial charge is 0.269 e. The second-order valence-corrected chi connectivity index (χ2v) is 7.22. The Hall–Kier alpha value is -3.32. The van der Waals surface area contributed by atoms with Crippen LogP contribution >= 0.6 is 15.9 Å². The summed E-state index contributed by atoms with van der Waals surface area (Å²) in [7, 11) is 1.54. The molecular formula is C23H21BrN2O4. The molecule has 3 aromatic carbocycles. The van der Waals surface area contributed by atoms with Crippen molar-refractivity contribution in [2.45, 2.75) is 6.42 Å². The molecule has 3 rings (SSSR count). The van der Waals surface area contributed by atoms with Gasteiger partial charge in [-0.2, -0.15) is 0 Å². The number of carbonyl (C=O) groups is 2. The Bertz CT molecular complexity index is 1020. The van der Waals surface area contributed by atoms with E-state index in [2.05, 4.69) is 26.8 Å². The van der Waals surface area contributed by atoms with Gasteiger partial charge in [0.2, 0.25) is 0 Å². The van der Waals surface area contributed by atoms with Crippen molar-refractivity contribution >= 4 is 27.7 Å². The monoisotopic (exact) mass is 468 g/mol. The van der Waals surface area contributed by atoms with Crippen LogP contribution in [0.5, 0.6) is 11.5 Å². The molecule has 2 N–H and O–H groups in total. The average Bonchev–Trinajstić information content (AvgIpc) is 2.78. The van der Waals surface area contributed by atoms with E-state index in [0.717, 1.165) is 6.42 Å². The predicted molar refractivity (Wildman–Crippen MR) is 118 cm³/mol. The first kappa shape index (κ1) is 21.4. The van der Waals surface area contributed by atoms with Crippen LogP contribution in [-0.4, -0.2) is 25.5 Å². The first-order valence-corrected chi connectivity index (χ1v) is 10.1. The largest absolute Gasteiger partial charge is 0.496 e. The van der Waals surface area contributed by atoms with Gasteiger partial charge in [-0.05, 0) is 57.9 Å². The first-order chi connectivity index (χ1) is 14.6. The second kappa shape index (κ2) is 10.5. The standard InChI is InChI=1S/C23H21BrN2O4/c1-29-21-11-10-18(15-20(21)24)23(28)26-25-22(27)17-8-5-9-19(14-17)30-13-12-16-6-3-2-4-7-16/h2-11,14-15H,12-13H2,1H3,(H,25,27)(H,26,28). The van der Waals surface area contributed by atoms with Gasteiger partial charge in [0.1, 0.15) is 11.5 Å². The van der Waals surface area contributed by atoms with Crippen LogP contribution in [0.4, 0.5) is 0 Å². The fourth-order valence-corrected chi connectivity index (χ4v) is 3.26. The molecule has 6 nitrogen and oxygen atoms in total. The lowest BCUT2D eigenvalue weighted by atomic mass is 10.2. The van der Waals surface area contributed by atoms with Crippen molar-refractivity contribution in [3.05, 3.63) is 94.0 Å². The van der Waals surface area contributed by atoms with E-state index < -0.39 is 11.8 Å². The van der Waals surface area contributed by atoms with E-state index in [0.29, 0.717) is 33.7 Å². The molecule has 0 aliphatic heterocycles.